The minimum Gasteiger partial charge on any atom is -0.427 e. The van der Waals surface area contributed by atoms with E-state index < -0.39 is 0 Å². The second kappa shape index (κ2) is 7.60. The summed E-state index contributed by atoms with van der Waals surface area (Å²) in [6.07, 6.45) is 1.21. The van der Waals surface area contributed by atoms with Gasteiger partial charge in [0.15, 0.2) is 14.3 Å². The second-order valence-electron chi connectivity index (χ2n) is 6.04. The van der Waals surface area contributed by atoms with Crippen LogP contribution >= 0.6 is 26.4 Å². The third-order valence-electron chi connectivity index (χ3n) is 4.31. The van der Waals surface area contributed by atoms with Crippen molar-refractivity contribution in [3.8, 4) is 10.6 Å². The molecular weight excluding hydrogens is 408 g/mol. The quantitative estimate of drug-likeness (QED) is 0.152. The minimum absolute atomic E-state index is 0.113. The molecule has 1 heterocycles. The molecule has 26 heavy (non-hydrogen) atoms. The van der Waals surface area contributed by atoms with Gasteiger partial charge in [0, 0.05) is 45.1 Å². The first kappa shape index (κ1) is 17.3. The Hall–Kier alpha value is -2.17. The van der Waals surface area contributed by atoms with Crippen molar-refractivity contribution in [2.24, 2.45) is 0 Å². The van der Waals surface area contributed by atoms with Gasteiger partial charge in [-0.05, 0) is 42.8 Å². The van der Waals surface area contributed by atoms with Gasteiger partial charge in [-0.25, -0.2) is 0 Å². The molecule has 0 saturated carbocycles. The van der Waals surface area contributed by atoms with E-state index in [-0.39, 0.29) is 16.4 Å². The molecule has 130 valence electrons. The maximum Gasteiger partial charge on any atom is 0.311 e. The molecule has 0 atom stereocenters. The van der Waals surface area contributed by atoms with Crippen molar-refractivity contribution >= 4 is 52.5 Å². The van der Waals surface area contributed by atoms with E-state index in [2.05, 4.69) is 76.6 Å². The van der Waals surface area contributed by atoms with Crippen LogP contribution in [-0.4, -0.2) is 11.3 Å². The molecule has 0 N–H and O–H groups in total. The molecule has 1 aromatic heterocycles. The van der Waals surface area contributed by atoms with Crippen LogP contribution in [0.3, 0.4) is 0 Å². The van der Waals surface area contributed by atoms with Gasteiger partial charge in [-0.3, -0.25) is 4.79 Å². The van der Waals surface area contributed by atoms with Crippen LogP contribution in [0.1, 0.15) is 12.8 Å². The zero-order valence-corrected chi connectivity index (χ0v) is 16.6. The summed E-state index contributed by atoms with van der Waals surface area (Å²) in [5.41, 5.74) is 0. The summed E-state index contributed by atoms with van der Waals surface area (Å²) < 4.78 is 8.13. The number of carbonyl (C=O) groups is 1. The summed E-state index contributed by atoms with van der Waals surface area (Å²) in [5.74, 6) is 0.425. The van der Waals surface area contributed by atoms with Gasteiger partial charge in [-0.15, -0.1) is 0 Å². The molecular formula is C22H18BrO2S+. The van der Waals surface area contributed by atoms with E-state index in [1.165, 1.54) is 25.1 Å². The topological polar surface area (TPSA) is 26.3 Å². The normalized spacial score (nSPS) is 11.1. The maximum absolute atomic E-state index is 11.8. The number of halogens is 1. The van der Waals surface area contributed by atoms with Crippen molar-refractivity contribution in [1.29, 1.82) is 0 Å². The van der Waals surface area contributed by atoms with E-state index in [1.54, 1.807) is 0 Å². The average molecular weight is 426 g/mol. The molecule has 4 rings (SSSR count). The minimum atomic E-state index is -0.184. The highest BCUT2D eigenvalue weighted by molar-refractivity contribution is 9.09. The van der Waals surface area contributed by atoms with Crippen molar-refractivity contribution in [3.63, 3.8) is 0 Å². The molecule has 3 aromatic carbocycles. The highest BCUT2D eigenvalue weighted by Crippen LogP contribution is 2.48. The summed E-state index contributed by atoms with van der Waals surface area (Å²) in [6, 6.07) is 25.2. The third kappa shape index (κ3) is 3.27. The Morgan fingerprint density at radius 2 is 1.42 bits per heavy atom. The first-order chi connectivity index (χ1) is 12.8. The number of fused-ring (bicyclic) bond motifs is 3. The highest BCUT2D eigenvalue weighted by atomic mass is 79.9. The number of thiophene rings is 1. The van der Waals surface area contributed by atoms with Crippen molar-refractivity contribution in [1.82, 2.24) is 0 Å². The van der Waals surface area contributed by atoms with Crippen LogP contribution < -0.4 is 4.74 Å². The van der Waals surface area contributed by atoms with Crippen LogP contribution in [0.5, 0.6) is 5.75 Å². The molecule has 0 aliphatic carbocycles. The number of ether oxygens (including phenoxy) is 1. The number of carbonyl (C=O) groups excluding carboxylic acids is 1. The fourth-order valence-electron chi connectivity index (χ4n) is 3.14. The van der Waals surface area contributed by atoms with E-state index >= 15 is 0 Å². The first-order valence-corrected chi connectivity index (χ1v) is 10.9. The Kier molecular flexibility index (Phi) is 5.05. The van der Waals surface area contributed by atoms with Crippen LogP contribution in [0.2, 0.25) is 0 Å². The Labute approximate surface area is 163 Å². The van der Waals surface area contributed by atoms with Crippen LogP contribution in [-0.2, 0) is 4.79 Å². The summed E-state index contributed by atoms with van der Waals surface area (Å²) in [5, 5.41) is 3.44. The molecule has 0 bridgehead atoms. The van der Waals surface area contributed by atoms with Crippen LogP contribution in [0, 0.1) is 0 Å². The van der Waals surface area contributed by atoms with E-state index in [0.717, 1.165) is 11.8 Å². The van der Waals surface area contributed by atoms with E-state index in [9.17, 15) is 4.79 Å². The third-order valence-corrected chi connectivity index (χ3v) is 7.21. The predicted octanol–water partition coefficient (Wildman–Crippen LogP) is 6.81. The van der Waals surface area contributed by atoms with Gasteiger partial charge in [0.25, 0.3) is 0 Å². The molecule has 4 aromatic rings. The Balaban J connectivity index is 1.72. The number of rotatable bonds is 5. The highest BCUT2D eigenvalue weighted by Gasteiger charge is 2.22. The van der Waals surface area contributed by atoms with Gasteiger partial charge >= 0.3 is 5.97 Å². The number of hydrogen-bond acceptors (Lipinski definition) is 2. The number of hydrogen-bond donors (Lipinski definition) is 0. The zero-order chi connectivity index (χ0) is 17.9. The average Bonchev–Trinajstić information content (AvgIpc) is 3.02. The molecule has 0 aliphatic heterocycles. The summed E-state index contributed by atoms with van der Waals surface area (Å²) in [6.45, 7) is 0. The van der Waals surface area contributed by atoms with E-state index in [0.29, 0.717) is 12.2 Å². The van der Waals surface area contributed by atoms with Gasteiger partial charge in [0.1, 0.15) is 5.75 Å². The molecule has 0 aliphatic rings. The van der Waals surface area contributed by atoms with Gasteiger partial charge < -0.3 is 4.74 Å². The van der Waals surface area contributed by atoms with Crippen molar-refractivity contribution in [3.05, 3.63) is 72.8 Å². The molecule has 2 nitrogen and oxygen atoms in total. The van der Waals surface area contributed by atoms with Crippen LogP contribution in [0.25, 0.3) is 25.1 Å². The molecule has 0 radical (unpaired) electrons. The Bertz CT molecular complexity index is 1010. The number of alkyl halides is 1. The number of esters is 1. The lowest BCUT2D eigenvalue weighted by Gasteiger charge is -2.03. The summed E-state index contributed by atoms with van der Waals surface area (Å²) >= 11 is 3.33. The fourth-order valence-corrected chi connectivity index (χ4v) is 5.80. The van der Waals surface area contributed by atoms with Crippen molar-refractivity contribution in [2.75, 3.05) is 5.33 Å². The lowest BCUT2D eigenvalue weighted by atomic mass is 10.2. The van der Waals surface area contributed by atoms with Crippen LogP contribution in [0.15, 0.2) is 72.8 Å². The standard InChI is InChI=1S/C22H18BrO2S/c23-15-5-10-22(24)25-16-11-13-17(14-12-16)26-20-8-3-1-6-18(20)19-7-2-4-9-21(19)26/h1-4,6-9,11-14H,5,10,15H2/q+1. The first-order valence-electron chi connectivity index (χ1n) is 8.57. The van der Waals surface area contributed by atoms with Gasteiger partial charge in [0.05, 0.1) is 0 Å². The van der Waals surface area contributed by atoms with Crippen LogP contribution in [0.4, 0.5) is 0 Å². The molecule has 0 spiro atoms. The summed E-state index contributed by atoms with van der Waals surface area (Å²) in [7, 11) is -0.113. The van der Waals surface area contributed by atoms with Gasteiger partial charge in [-0.1, -0.05) is 40.2 Å². The lowest BCUT2D eigenvalue weighted by molar-refractivity contribution is -0.134. The molecule has 0 fully saturated rings. The second-order valence-corrected chi connectivity index (χ2v) is 8.79. The molecule has 0 unspecified atom stereocenters. The SMILES string of the molecule is O=C(CCCBr)Oc1ccc(-[s+]2c3ccccc3c3ccccc32)cc1. The fraction of sp³-hybridized carbons (Fsp3) is 0.136. The van der Waals surface area contributed by atoms with Crippen molar-refractivity contribution < 1.29 is 9.53 Å². The molecule has 0 amide bonds. The lowest BCUT2D eigenvalue weighted by Crippen LogP contribution is -2.07. The number of benzene rings is 3. The maximum atomic E-state index is 11.8. The van der Waals surface area contributed by atoms with Gasteiger partial charge in [0.2, 0.25) is 0 Å². The van der Waals surface area contributed by atoms with Gasteiger partial charge in [-0.2, -0.15) is 0 Å². The van der Waals surface area contributed by atoms with Crippen molar-refractivity contribution in [2.45, 2.75) is 12.8 Å². The Morgan fingerprint density at radius 3 is 2.00 bits per heavy atom. The van der Waals surface area contributed by atoms with E-state index in [4.69, 9.17) is 4.74 Å². The summed E-state index contributed by atoms with van der Waals surface area (Å²) in [4.78, 5) is 13.0. The Morgan fingerprint density at radius 1 is 0.846 bits per heavy atom. The smallest absolute Gasteiger partial charge is 0.311 e. The monoisotopic (exact) mass is 425 g/mol. The zero-order valence-electron chi connectivity index (χ0n) is 14.2. The molecule has 4 heteroatoms. The molecule has 0 saturated heterocycles. The largest absolute Gasteiger partial charge is 0.427 e. The van der Waals surface area contributed by atoms with E-state index in [1.807, 2.05) is 12.1 Å². The predicted molar refractivity (Wildman–Crippen MR) is 114 cm³/mol.